The number of amides is 1. The summed E-state index contributed by atoms with van der Waals surface area (Å²) in [7, 11) is 1.82. The number of rotatable bonds is 5. The number of aryl methyl sites for hydroxylation is 2. The van der Waals surface area contributed by atoms with E-state index in [9.17, 15) is 4.79 Å². The van der Waals surface area contributed by atoms with Crippen molar-refractivity contribution in [1.29, 1.82) is 0 Å². The summed E-state index contributed by atoms with van der Waals surface area (Å²) >= 11 is 0. The average molecular weight is 306 g/mol. The molecule has 1 saturated heterocycles. The molecule has 2 atom stereocenters. The van der Waals surface area contributed by atoms with Crippen molar-refractivity contribution < 1.29 is 18.8 Å². The van der Waals surface area contributed by atoms with Crippen LogP contribution in [0.5, 0.6) is 5.75 Å². The van der Waals surface area contributed by atoms with Gasteiger partial charge >= 0.3 is 0 Å². The third-order valence-electron chi connectivity index (χ3n) is 3.36. The van der Waals surface area contributed by atoms with Gasteiger partial charge in [-0.2, -0.15) is 5.10 Å². The summed E-state index contributed by atoms with van der Waals surface area (Å²) in [6.45, 7) is 2.65. The Kier molecular flexibility index (Phi) is 4.10. The minimum absolute atomic E-state index is 0.136. The predicted octanol–water partition coefficient (Wildman–Crippen LogP) is 0.222. The van der Waals surface area contributed by atoms with Gasteiger partial charge in [0.05, 0.1) is 43.8 Å². The van der Waals surface area contributed by atoms with Gasteiger partial charge in [-0.1, -0.05) is 5.16 Å². The largest absolute Gasteiger partial charge is 0.482 e. The summed E-state index contributed by atoms with van der Waals surface area (Å²) in [4.78, 5) is 12.1. The van der Waals surface area contributed by atoms with Crippen LogP contribution >= 0.6 is 0 Å². The second-order valence-electron chi connectivity index (χ2n) is 5.32. The molecular weight excluding hydrogens is 288 g/mol. The molecule has 3 rings (SSSR count). The van der Waals surface area contributed by atoms with E-state index < -0.39 is 0 Å². The zero-order valence-corrected chi connectivity index (χ0v) is 12.5. The van der Waals surface area contributed by atoms with Crippen LogP contribution in [-0.4, -0.2) is 46.2 Å². The molecule has 8 nitrogen and oxygen atoms in total. The molecule has 0 bridgehead atoms. The molecular formula is C14H18N4O4. The third-order valence-corrected chi connectivity index (χ3v) is 3.36. The molecule has 3 heterocycles. The molecule has 2 aromatic heterocycles. The maximum atomic E-state index is 12.1. The molecule has 1 aliphatic heterocycles. The zero-order chi connectivity index (χ0) is 15.5. The highest BCUT2D eigenvalue weighted by Crippen LogP contribution is 2.16. The van der Waals surface area contributed by atoms with Crippen molar-refractivity contribution in [3.8, 4) is 5.75 Å². The van der Waals surface area contributed by atoms with Gasteiger partial charge in [0.25, 0.3) is 0 Å². The monoisotopic (exact) mass is 306 g/mol. The van der Waals surface area contributed by atoms with Crippen LogP contribution in [0, 0.1) is 6.92 Å². The van der Waals surface area contributed by atoms with Crippen molar-refractivity contribution >= 4 is 5.91 Å². The standard InChI is InChI=1S/C14H18N4O4/c1-9-3-10(17-22-9)4-14(19)16-12-7-20-8-13(12)21-11-5-15-18(2)6-11/h3,5-6,12-13H,4,7-8H2,1-2H3,(H,16,19)/t12-,13+/m0/s1. The number of carbonyl (C=O) groups excluding carboxylic acids is 1. The smallest absolute Gasteiger partial charge is 0.226 e. The summed E-state index contributed by atoms with van der Waals surface area (Å²) in [5.74, 6) is 1.21. The Bertz CT molecular complexity index is 651. The minimum Gasteiger partial charge on any atom is -0.482 e. The van der Waals surface area contributed by atoms with Gasteiger partial charge < -0.3 is 19.3 Å². The number of ether oxygens (including phenoxy) is 2. The van der Waals surface area contributed by atoms with Crippen molar-refractivity contribution in [2.45, 2.75) is 25.5 Å². The van der Waals surface area contributed by atoms with Crippen LogP contribution in [-0.2, 0) is 23.0 Å². The van der Waals surface area contributed by atoms with Crippen LogP contribution in [0.4, 0.5) is 0 Å². The van der Waals surface area contributed by atoms with Gasteiger partial charge in [0.15, 0.2) is 5.75 Å². The molecule has 118 valence electrons. The Labute approximate surface area is 127 Å². The molecule has 0 unspecified atom stereocenters. The second-order valence-corrected chi connectivity index (χ2v) is 5.32. The van der Waals surface area contributed by atoms with Crippen LogP contribution in [0.2, 0.25) is 0 Å². The number of carbonyl (C=O) groups is 1. The van der Waals surface area contributed by atoms with E-state index in [1.807, 2.05) is 7.05 Å². The number of hydrogen-bond acceptors (Lipinski definition) is 6. The average Bonchev–Trinajstić information content (AvgIpc) is 3.15. The first-order valence-electron chi connectivity index (χ1n) is 7.05. The fourth-order valence-electron chi connectivity index (χ4n) is 2.34. The second kappa shape index (κ2) is 6.18. The third kappa shape index (κ3) is 3.45. The predicted molar refractivity (Wildman–Crippen MR) is 75.3 cm³/mol. The number of hydrogen-bond donors (Lipinski definition) is 1. The van der Waals surface area contributed by atoms with Crippen molar-refractivity contribution in [3.05, 3.63) is 29.9 Å². The number of aromatic nitrogens is 3. The van der Waals surface area contributed by atoms with Crippen LogP contribution in [0.1, 0.15) is 11.5 Å². The Morgan fingerprint density at radius 3 is 3.09 bits per heavy atom. The summed E-state index contributed by atoms with van der Waals surface area (Å²) in [5.41, 5.74) is 0.610. The van der Waals surface area contributed by atoms with Gasteiger partial charge in [-0.25, -0.2) is 0 Å². The van der Waals surface area contributed by atoms with E-state index in [4.69, 9.17) is 14.0 Å². The SMILES string of the molecule is Cc1cc(CC(=O)N[C@H]2COC[C@H]2Oc2cnn(C)c2)no1. The van der Waals surface area contributed by atoms with Gasteiger partial charge in [-0.15, -0.1) is 0 Å². The van der Waals surface area contributed by atoms with Crippen LogP contribution < -0.4 is 10.1 Å². The van der Waals surface area contributed by atoms with E-state index in [0.717, 1.165) is 0 Å². The first-order valence-corrected chi connectivity index (χ1v) is 7.05. The van der Waals surface area contributed by atoms with Gasteiger partial charge in [0.2, 0.25) is 5.91 Å². The van der Waals surface area contributed by atoms with Crippen molar-refractivity contribution in [3.63, 3.8) is 0 Å². The van der Waals surface area contributed by atoms with E-state index in [1.165, 1.54) is 0 Å². The Morgan fingerprint density at radius 1 is 1.55 bits per heavy atom. The Balaban J connectivity index is 1.55. The van der Waals surface area contributed by atoms with Gasteiger partial charge in [-0.3, -0.25) is 9.48 Å². The molecule has 1 fully saturated rings. The molecule has 0 radical (unpaired) electrons. The number of nitrogens with one attached hydrogen (secondary N) is 1. The maximum absolute atomic E-state index is 12.1. The molecule has 1 N–H and O–H groups in total. The molecule has 2 aromatic rings. The highest BCUT2D eigenvalue weighted by Gasteiger charge is 2.31. The molecule has 1 amide bonds. The molecule has 0 spiro atoms. The molecule has 0 aromatic carbocycles. The Morgan fingerprint density at radius 2 is 2.41 bits per heavy atom. The first kappa shape index (κ1) is 14.6. The highest BCUT2D eigenvalue weighted by molar-refractivity contribution is 5.78. The van der Waals surface area contributed by atoms with E-state index in [2.05, 4.69) is 15.6 Å². The van der Waals surface area contributed by atoms with E-state index in [1.54, 1.807) is 30.1 Å². The highest BCUT2D eigenvalue weighted by atomic mass is 16.5. The van der Waals surface area contributed by atoms with Crippen molar-refractivity contribution in [1.82, 2.24) is 20.3 Å². The first-order chi connectivity index (χ1) is 10.6. The lowest BCUT2D eigenvalue weighted by Crippen LogP contribution is -2.45. The minimum atomic E-state index is -0.229. The lowest BCUT2D eigenvalue weighted by molar-refractivity contribution is -0.121. The summed E-state index contributed by atoms with van der Waals surface area (Å²) in [5, 5.41) is 10.8. The van der Waals surface area contributed by atoms with Crippen molar-refractivity contribution in [2.24, 2.45) is 7.05 Å². The fourth-order valence-corrected chi connectivity index (χ4v) is 2.34. The lowest BCUT2D eigenvalue weighted by atomic mass is 10.2. The fraction of sp³-hybridized carbons (Fsp3) is 0.500. The molecule has 0 saturated carbocycles. The zero-order valence-electron chi connectivity index (χ0n) is 12.5. The van der Waals surface area contributed by atoms with Gasteiger partial charge in [0.1, 0.15) is 11.9 Å². The van der Waals surface area contributed by atoms with Gasteiger partial charge in [0, 0.05) is 13.1 Å². The topological polar surface area (TPSA) is 91.4 Å². The van der Waals surface area contributed by atoms with E-state index in [-0.39, 0.29) is 24.5 Å². The van der Waals surface area contributed by atoms with E-state index >= 15 is 0 Å². The molecule has 1 aliphatic rings. The van der Waals surface area contributed by atoms with Gasteiger partial charge in [-0.05, 0) is 6.92 Å². The summed E-state index contributed by atoms with van der Waals surface area (Å²) in [6, 6.07) is 1.55. The summed E-state index contributed by atoms with van der Waals surface area (Å²) in [6.07, 6.45) is 3.35. The molecule has 0 aliphatic carbocycles. The Hall–Kier alpha value is -2.35. The molecule has 8 heteroatoms. The lowest BCUT2D eigenvalue weighted by Gasteiger charge is -2.19. The van der Waals surface area contributed by atoms with Crippen molar-refractivity contribution in [2.75, 3.05) is 13.2 Å². The quantitative estimate of drug-likeness (QED) is 0.850. The summed E-state index contributed by atoms with van der Waals surface area (Å²) < 4.78 is 17.8. The van der Waals surface area contributed by atoms with Crippen LogP contribution in [0.3, 0.4) is 0 Å². The normalized spacial score (nSPS) is 21.0. The molecule has 22 heavy (non-hydrogen) atoms. The van der Waals surface area contributed by atoms with Crippen LogP contribution in [0.25, 0.3) is 0 Å². The number of nitrogens with zero attached hydrogens (tertiary/aromatic N) is 3. The van der Waals surface area contributed by atoms with Crippen LogP contribution in [0.15, 0.2) is 23.0 Å². The van der Waals surface area contributed by atoms with E-state index in [0.29, 0.717) is 30.4 Å². The maximum Gasteiger partial charge on any atom is 0.226 e.